The molecule has 1 N–H and O–H groups in total. The number of fused-ring (bicyclic) bond motifs is 1. The summed E-state index contributed by atoms with van der Waals surface area (Å²) in [5.74, 6) is 0. The summed E-state index contributed by atoms with van der Waals surface area (Å²) in [6.45, 7) is 13.5. The van der Waals surface area contributed by atoms with E-state index >= 15 is 0 Å². The zero-order valence-electron chi connectivity index (χ0n) is 12.8. The van der Waals surface area contributed by atoms with Gasteiger partial charge < -0.3 is 0 Å². The molecule has 1 aromatic heterocycles. The number of nitrogens with zero attached hydrogens (tertiary/aromatic N) is 1. The topological polar surface area (TPSA) is 24.1 Å². The molecule has 0 amide bonds. The third kappa shape index (κ3) is 2.73. The minimum atomic E-state index is 0.0902. The molecule has 0 unspecified atom stereocenters. The summed E-state index contributed by atoms with van der Waals surface area (Å²) in [6, 6.07) is 6.43. The van der Waals surface area contributed by atoms with Crippen molar-refractivity contribution in [3.63, 3.8) is 0 Å². The Hall–Kier alpha value is -1.57. The number of rotatable bonds is 0. The molecule has 0 radical (unpaired) electrons. The summed E-state index contributed by atoms with van der Waals surface area (Å²) in [5, 5.41) is 11.8. The lowest BCUT2D eigenvalue weighted by atomic mass is 9.74. The Bertz CT molecular complexity index is 615. The van der Waals surface area contributed by atoms with E-state index in [-0.39, 0.29) is 10.8 Å². The number of benzene rings is 1. The van der Waals surface area contributed by atoms with E-state index in [0.29, 0.717) is 0 Å². The molecule has 2 heteroatoms. The fraction of sp³-hybridized carbons (Fsp3) is 0.471. The van der Waals surface area contributed by atoms with Crippen LogP contribution in [0.15, 0.2) is 30.6 Å². The summed E-state index contributed by atoms with van der Waals surface area (Å²) < 4.78 is 1.12. The van der Waals surface area contributed by atoms with Gasteiger partial charge in [-0.2, -0.15) is 0 Å². The lowest BCUT2D eigenvalue weighted by Gasteiger charge is -2.30. The average molecular weight is 258 g/mol. The van der Waals surface area contributed by atoms with Crippen LogP contribution in [0.25, 0.3) is 10.8 Å². The predicted molar refractivity (Wildman–Crippen MR) is 78.7 cm³/mol. The zero-order valence-corrected chi connectivity index (χ0v) is 12.8. The van der Waals surface area contributed by atoms with Gasteiger partial charge in [-0.1, -0.05) is 41.5 Å². The first-order chi connectivity index (χ1) is 8.59. The van der Waals surface area contributed by atoms with Crippen molar-refractivity contribution in [2.75, 3.05) is 0 Å². The number of hydrogen-bond donors (Lipinski definition) is 1. The molecule has 0 aliphatic carbocycles. The summed E-state index contributed by atoms with van der Waals surface area (Å²) in [4.78, 5) is 0. The molecule has 0 aliphatic heterocycles. The molecular weight excluding hydrogens is 234 g/mol. The van der Waals surface area contributed by atoms with Gasteiger partial charge in [0.2, 0.25) is 12.4 Å². The van der Waals surface area contributed by atoms with Crippen molar-refractivity contribution in [1.82, 2.24) is 0 Å². The Balaban J connectivity index is 2.82. The van der Waals surface area contributed by atoms with Crippen LogP contribution in [0.1, 0.15) is 52.7 Å². The molecule has 1 heterocycles. The van der Waals surface area contributed by atoms with Gasteiger partial charge in [-0.25, -0.2) is 0 Å². The second-order valence-corrected chi connectivity index (χ2v) is 7.35. The maximum Gasteiger partial charge on any atom is 0.230 e. The molecule has 0 fully saturated rings. The van der Waals surface area contributed by atoms with Gasteiger partial charge >= 0.3 is 0 Å². The highest BCUT2D eigenvalue weighted by Crippen LogP contribution is 2.36. The first kappa shape index (κ1) is 13.9. The van der Waals surface area contributed by atoms with Gasteiger partial charge in [-0.05, 0) is 39.5 Å². The molecule has 0 saturated carbocycles. The maximum atomic E-state index is 9.57. The second-order valence-electron chi connectivity index (χ2n) is 7.35. The van der Waals surface area contributed by atoms with Crippen LogP contribution in [0.2, 0.25) is 0 Å². The molecule has 102 valence electrons. The van der Waals surface area contributed by atoms with Crippen molar-refractivity contribution in [2.24, 2.45) is 0 Å². The first-order valence-corrected chi connectivity index (χ1v) is 6.78. The minimum Gasteiger partial charge on any atom is -0.285 e. The van der Waals surface area contributed by atoms with Crippen LogP contribution < -0.4 is 4.73 Å². The molecule has 19 heavy (non-hydrogen) atoms. The summed E-state index contributed by atoms with van der Waals surface area (Å²) in [5.41, 5.74) is 2.93. The molecular formula is C17H24NO+. The molecule has 0 saturated heterocycles. The van der Waals surface area contributed by atoms with E-state index in [2.05, 4.69) is 53.7 Å². The van der Waals surface area contributed by atoms with Crippen LogP contribution in [-0.2, 0) is 10.8 Å². The van der Waals surface area contributed by atoms with E-state index in [1.165, 1.54) is 16.5 Å². The zero-order chi connectivity index (χ0) is 14.4. The molecule has 0 bridgehead atoms. The van der Waals surface area contributed by atoms with Crippen LogP contribution in [0.3, 0.4) is 0 Å². The van der Waals surface area contributed by atoms with Crippen LogP contribution in [0, 0.1) is 0 Å². The molecule has 0 aliphatic rings. The van der Waals surface area contributed by atoms with E-state index in [4.69, 9.17) is 0 Å². The monoisotopic (exact) mass is 258 g/mol. The molecule has 0 spiro atoms. The third-order valence-electron chi connectivity index (χ3n) is 3.52. The molecule has 2 aromatic rings. The van der Waals surface area contributed by atoms with Crippen molar-refractivity contribution in [2.45, 2.75) is 52.4 Å². The number of pyridine rings is 1. The van der Waals surface area contributed by atoms with Crippen LogP contribution >= 0.6 is 0 Å². The summed E-state index contributed by atoms with van der Waals surface area (Å²) in [6.07, 6.45) is 3.43. The van der Waals surface area contributed by atoms with Gasteiger partial charge in [-0.15, -0.1) is 0 Å². The van der Waals surface area contributed by atoms with E-state index in [0.717, 1.165) is 10.1 Å². The molecule has 2 nitrogen and oxygen atoms in total. The largest absolute Gasteiger partial charge is 0.285 e. The van der Waals surface area contributed by atoms with E-state index in [1.807, 2.05) is 6.07 Å². The average Bonchev–Trinajstić information content (AvgIpc) is 2.24. The lowest BCUT2D eigenvalue weighted by molar-refractivity contribution is -0.903. The Morgan fingerprint density at radius 1 is 0.842 bits per heavy atom. The number of aromatic nitrogens is 1. The maximum absolute atomic E-state index is 9.57. The minimum absolute atomic E-state index is 0.0902. The van der Waals surface area contributed by atoms with Crippen LogP contribution in [-0.4, -0.2) is 5.21 Å². The Labute approximate surface area is 115 Å². The quantitative estimate of drug-likeness (QED) is 0.561. The Morgan fingerprint density at radius 2 is 1.32 bits per heavy atom. The van der Waals surface area contributed by atoms with Gasteiger partial charge in [0.1, 0.15) is 0 Å². The lowest BCUT2D eigenvalue weighted by Crippen LogP contribution is -2.28. The molecule has 1 aromatic carbocycles. The van der Waals surface area contributed by atoms with Gasteiger partial charge in [0, 0.05) is 10.8 Å². The van der Waals surface area contributed by atoms with Gasteiger partial charge in [-0.3, -0.25) is 5.21 Å². The second kappa shape index (κ2) is 4.22. The van der Waals surface area contributed by atoms with Crippen molar-refractivity contribution in [1.29, 1.82) is 0 Å². The van der Waals surface area contributed by atoms with Crippen LogP contribution in [0.5, 0.6) is 0 Å². The third-order valence-corrected chi connectivity index (χ3v) is 3.52. The van der Waals surface area contributed by atoms with E-state index in [9.17, 15) is 5.21 Å². The van der Waals surface area contributed by atoms with Gasteiger partial charge in [0.25, 0.3) is 0 Å². The fourth-order valence-corrected chi connectivity index (χ4v) is 2.47. The highest BCUT2D eigenvalue weighted by atomic mass is 16.5. The van der Waals surface area contributed by atoms with Crippen molar-refractivity contribution < 1.29 is 9.94 Å². The Kier molecular flexibility index (Phi) is 3.08. The van der Waals surface area contributed by atoms with Gasteiger partial charge in [0.15, 0.2) is 0 Å². The normalized spacial score (nSPS) is 12.9. The van der Waals surface area contributed by atoms with E-state index in [1.54, 1.807) is 12.4 Å². The predicted octanol–water partition coefficient (Wildman–Crippen LogP) is 3.96. The number of hydrogen-bond acceptors (Lipinski definition) is 1. The highest BCUT2D eigenvalue weighted by molar-refractivity contribution is 5.83. The van der Waals surface area contributed by atoms with Gasteiger partial charge in [0.05, 0.1) is 5.39 Å². The fourth-order valence-electron chi connectivity index (χ4n) is 2.47. The van der Waals surface area contributed by atoms with Crippen molar-refractivity contribution in [3.8, 4) is 0 Å². The summed E-state index contributed by atoms with van der Waals surface area (Å²) in [7, 11) is 0. The van der Waals surface area contributed by atoms with E-state index < -0.39 is 0 Å². The summed E-state index contributed by atoms with van der Waals surface area (Å²) >= 11 is 0. The first-order valence-electron chi connectivity index (χ1n) is 6.78. The van der Waals surface area contributed by atoms with Crippen molar-refractivity contribution in [3.05, 3.63) is 41.7 Å². The SMILES string of the molecule is CC(C)(C)c1cc2cc[n+](O)cc2cc1C(C)(C)C. The molecule has 2 rings (SSSR count). The smallest absolute Gasteiger partial charge is 0.230 e. The standard InChI is InChI=1S/C17H24NO/c1-16(2,3)14-9-12-7-8-18(19)11-13(12)10-15(14)17(4,5)6/h7-11,19H,1-6H3/q+1. The van der Waals surface area contributed by atoms with Crippen LogP contribution in [0.4, 0.5) is 0 Å². The van der Waals surface area contributed by atoms with Crippen molar-refractivity contribution >= 4 is 10.8 Å². The Morgan fingerprint density at radius 3 is 1.79 bits per heavy atom. The molecule has 0 atom stereocenters. The highest BCUT2D eigenvalue weighted by Gasteiger charge is 2.26.